The first kappa shape index (κ1) is 9.17. The molecule has 0 spiro atoms. The van der Waals surface area contributed by atoms with Gasteiger partial charge in [0.1, 0.15) is 6.54 Å². The van der Waals surface area contributed by atoms with Crippen molar-refractivity contribution >= 4 is 11.9 Å². The number of hydrogen-bond acceptors (Lipinski definition) is 5. The lowest BCUT2D eigenvalue weighted by molar-refractivity contribution is -0.135. The van der Waals surface area contributed by atoms with E-state index in [4.69, 9.17) is 5.11 Å². The van der Waals surface area contributed by atoms with E-state index in [2.05, 4.69) is 20.0 Å². The van der Waals surface area contributed by atoms with E-state index in [-0.39, 0.29) is 11.7 Å². The average Bonchev–Trinajstić information content (AvgIpc) is 2.47. The first-order chi connectivity index (χ1) is 6.09. The number of carboxylic acids is 1. The Bertz CT molecular complexity index is 332. The number of nitrogens with one attached hydrogen (secondary N) is 1. The Morgan fingerprint density at radius 2 is 2.31 bits per heavy atom. The summed E-state index contributed by atoms with van der Waals surface area (Å²) in [5.74, 6) is -1.72. The molecule has 0 unspecified atom stereocenters. The van der Waals surface area contributed by atoms with Gasteiger partial charge in [-0.2, -0.15) is 4.98 Å². The summed E-state index contributed by atoms with van der Waals surface area (Å²) in [6.45, 7) is 1.06. The first-order valence-corrected chi connectivity index (χ1v) is 3.40. The van der Waals surface area contributed by atoms with Crippen LogP contribution in [0.5, 0.6) is 0 Å². The van der Waals surface area contributed by atoms with E-state index in [9.17, 15) is 9.59 Å². The second-order valence-corrected chi connectivity index (χ2v) is 2.21. The third kappa shape index (κ3) is 2.55. The summed E-state index contributed by atoms with van der Waals surface area (Å²) in [5, 5.41) is 13.6. The monoisotopic (exact) mass is 185 g/mol. The lowest BCUT2D eigenvalue weighted by Gasteiger charge is -1.95. The largest absolute Gasteiger partial charge is 0.480 e. The van der Waals surface area contributed by atoms with Gasteiger partial charge in [0.05, 0.1) is 0 Å². The Kier molecular flexibility index (Phi) is 2.58. The number of hydrogen-bond donors (Lipinski definition) is 2. The van der Waals surface area contributed by atoms with E-state index in [1.807, 2.05) is 0 Å². The molecule has 1 rings (SSSR count). The van der Waals surface area contributed by atoms with Crippen LogP contribution in [0.15, 0.2) is 4.52 Å². The van der Waals surface area contributed by atoms with Crippen molar-refractivity contribution in [3.63, 3.8) is 0 Å². The van der Waals surface area contributed by atoms with Crippen molar-refractivity contribution in [2.24, 2.45) is 0 Å². The predicted molar refractivity (Wildman–Crippen MR) is 39.0 cm³/mol. The Balaban J connectivity index is 2.54. The number of rotatable bonds is 3. The second kappa shape index (κ2) is 3.65. The molecule has 7 heteroatoms. The molecule has 0 fully saturated rings. The number of carboxylic acid groups (broad SMARTS) is 1. The first-order valence-electron chi connectivity index (χ1n) is 3.40. The predicted octanol–water partition coefficient (Wildman–Crippen LogP) is -0.808. The van der Waals surface area contributed by atoms with Gasteiger partial charge in [-0.15, -0.1) is 0 Å². The maximum Gasteiger partial charge on any atom is 0.322 e. The third-order valence-electron chi connectivity index (χ3n) is 1.13. The molecule has 0 atom stereocenters. The number of carbonyl (C=O) groups is 2. The van der Waals surface area contributed by atoms with Crippen LogP contribution in [0.3, 0.4) is 0 Å². The van der Waals surface area contributed by atoms with Crippen LogP contribution in [0, 0.1) is 6.92 Å². The molecule has 1 aromatic rings. The van der Waals surface area contributed by atoms with Gasteiger partial charge in [0.25, 0.3) is 11.7 Å². The summed E-state index contributed by atoms with van der Waals surface area (Å²) in [5.41, 5.74) is 0. The Morgan fingerprint density at radius 3 is 2.77 bits per heavy atom. The van der Waals surface area contributed by atoms with Gasteiger partial charge in [-0.3, -0.25) is 9.59 Å². The van der Waals surface area contributed by atoms with Crippen LogP contribution in [-0.4, -0.2) is 33.7 Å². The van der Waals surface area contributed by atoms with Crippen LogP contribution in [-0.2, 0) is 4.79 Å². The van der Waals surface area contributed by atoms with Gasteiger partial charge >= 0.3 is 5.97 Å². The van der Waals surface area contributed by atoms with Crippen LogP contribution in [0.1, 0.15) is 16.5 Å². The quantitative estimate of drug-likeness (QED) is 0.638. The molecule has 0 saturated heterocycles. The van der Waals surface area contributed by atoms with E-state index in [1.54, 1.807) is 0 Å². The van der Waals surface area contributed by atoms with Crippen molar-refractivity contribution in [3.05, 3.63) is 11.7 Å². The zero-order valence-electron chi connectivity index (χ0n) is 6.77. The number of nitrogens with zero attached hydrogens (tertiary/aromatic N) is 2. The normalized spacial score (nSPS) is 9.62. The molecule has 0 aliphatic rings. The van der Waals surface area contributed by atoms with E-state index >= 15 is 0 Å². The lowest BCUT2D eigenvalue weighted by atomic mass is 10.5. The molecule has 0 aromatic carbocycles. The van der Waals surface area contributed by atoms with E-state index in [0.717, 1.165) is 0 Å². The highest BCUT2D eigenvalue weighted by Gasteiger charge is 2.12. The fraction of sp³-hybridized carbons (Fsp3) is 0.333. The molecule has 0 aliphatic carbocycles. The van der Waals surface area contributed by atoms with Crippen molar-refractivity contribution in [2.45, 2.75) is 6.92 Å². The third-order valence-corrected chi connectivity index (χ3v) is 1.13. The number of aliphatic carboxylic acids is 1. The smallest absolute Gasteiger partial charge is 0.322 e. The Labute approximate surface area is 72.7 Å². The van der Waals surface area contributed by atoms with Crippen LogP contribution in [0.2, 0.25) is 0 Å². The highest BCUT2D eigenvalue weighted by atomic mass is 16.5. The van der Waals surface area contributed by atoms with Crippen molar-refractivity contribution in [2.75, 3.05) is 6.54 Å². The average molecular weight is 185 g/mol. The molecule has 0 aliphatic heterocycles. The topological polar surface area (TPSA) is 105 Å². The lowest BCUT2D eigenvalue weighted by Crippen LogP contribution is -2.29. The fourth-order valence-corrected chi connectivity index (χ4v) is 0.626. The van der Waals surface area contributed by atoms with Gasteiger partial charge < -0.3 is 14.9 Å². The summed E-state index contributed by atoms with van der Waals surface area (Å²) in [7, 11) is 0. The SMILES string of the molecule is Cc1nc(C(=O)NCC(=O)O)no1. The van der Waals surface area contributed by atoms with Gasteiger partial charge in [-0.25, -0.2) is 0 Å². The number of carbonyl (C=O) groups excluding carboxylic acids is 1. The molecule has 13 heavy (non-hydrogen) atoms. The maximum absolute atomic E-state index is 11.0. The van der Waals surface area contributed by atoms with Gasteiger partial charge in [-0.1, -0.05) is 5.16 Å². The molecule has 0 saturated carbocycles. The summed E-state index contributed by atoms with van der Waals surface area (Å²) >= 11 is 0. The highest BCUT2D eigenvalue weighted by molar-refractivity contribution is 5.92. The minimum atomic E-state index is -1.13. The van der Waals surface area contributed by atoms with Crippen molar-refractivity contribution in [1.29, 1.82) is 0 Å². The molecular formula is C6H7N3O4. The number of amides is 1. The summed E-state index contributed by atoms with van der Waals surface area (Å²) in [6, 6.07) is 0. The van der Waals surface area contributed by atoms with Crippen molar-refractivity contribution in [1.82, 2.24) is 15.5 Å². The molecule has 1 heterocycles. The van der Waals surface area contributed by atoms with Gasteiger partial charge in [0.15, 0.2) is 0 Å². The minimum Gasteiger partial charge on any atom is -0.480 e. The summed E-state index contributed by atoms with van der Waals surface area (Å²) < 4.78 is 4.52. The molecule has 70 valence electrons. The Hall–Kier alpha value is -1.92. The van der Waals surface area contributed by atoms with E-state index in [1.165, 1.54) is 6.92 Å². The molecule has 0 radical (unpaired) electrons. The van der Waals surface area contributed by atoms with Gasteiger partial charge in [0, 0.05) is 6.92 Å². The van der Waals surface area contributed by atoms with Crippen LogP contribution >= 0.6 is 0 Å². The summed E-state index contributed by atoms with van der Waals surface area (Å²) in [4.78, 5) is 24.7. The van der Waals surface area contributed by atoms with Gasteiger partial charge in [-0.05, 0) is 0 Å². The molecule has 1 amide bonds. The van der Waals surface area contributed by atoms with Crippen molar-refractivity contribution in [3.8, 4) is 0 Å². The van der Waals surface area contributed by atoms with Crippen LogP contribution in [0.25, 0.3) is 0 Å². The van der Waals surface area contributed by atoms with Gasteiger partial charge in [0.2, 0.25) is 5.89 Å². The molecule has 2 N–H and O–H groups in total. The Morgan fingerprint density at radius 1 is 1.62 bits per heavy atom. The molecule has 7 nitrogen and oxygen atoms in total. The fourth-order valence-electron chi connectivity index (χ4n) is 0.626. The maximum atomic E-state index is 11.0. The molecule has 0 bridgehead atoms. The van der Waals surface area contributed by atoms with E-state index < -0.39 is 18.4 Å². The number of aryl methyl sites for hydroxylation is 1. The second-order valence-electron chi connectivity index (χ2n) is 2.21. The zero-order chi connectivity index (χ0) is 9.84. The highest BCUT2D eigenvalue weighted by Crippen LogP contribution is 1.93. The van der Waals surface area contributed by atoms with E-state index in [0.29, 0.717) is 0 Å². The van der Waals surface area contributed by atoms with Crippen molar-refractivity contribution < 1.29 is 19.2 Å². The molecular weight excluding hydrogens is 178 g/mol. The molecule has 1 aromatic heterocycles. The van der Waals surface area contributed by atoms with Crippen LogP contribution in [0.4, 0.5) is 0 Å². The number of aromatic nitrogens is 2. The summed E-state index contributed by atoms with van der Waals surface area (Å²) in [6.07, 6.45) is 0. The standard InChI is InChI=1S/C6H7N3O4/c1-3-8-5(9-13-3)6(12)7-2-4(10)11/h2H2,1H3,(H,7,12)(H,10,11). The minimum absolute atomic E-state index is 0.168. The zero-order valence-corrected chi connectivity index (χ0v) is 6.77. The van der Waals surface area contributed by atoms with Crippen LogP contribution < -0.4 is 5.32 Å².